The first-order chi connectivity index (χ1) is 14.1. The summed E-state index contributed by atoms with van der Waals surface area (Å²) >= 11 is 0. The van der Waals surface area contributed by atoms with Crippen LogP contribution in [0.1, 0.15) is 44.9 Å². The number of nitrogens with zero attached hydrogens (tertiary/aromatic N) is 2. The third kappa shape index (κ3) is 5.47. The van der Waals surface area contributed by atoms with E-state index in [1.807, 2.05) is 12.1 Å². The molecule has 0 bridgehead atoms. The van der Waals surface area contributed by atoms with Gasteiger partial charge >= 0.3 is 0 Å². The second kappa shape index (κ2) is 8.87. The number of carbonyl (C=O) groups excluding carboxylic acids is 1. The number of aryl methyl sites for hydroxylation is 1. The number of hydrogen-bond acceptors (Lipinski definition) is 6. The molecule has 8 nitrogen and oxygen atoms in total. The number of nitrogens with one attached hydrogen (secondary N) is 1. The van der Waals surface area contributed by atoms with Crippen LogP contribution < -0.4 is 5.32 Å². The fraction of sp³-hybridized carbons (Fsp3) is 0.524. The third-order valence-electron chi connectivity index (χ3n) is 5.00. The highest BCUT2D eigenvalue weighted by molar-refractivity contribution is 7.89. The summed E-state index contributed by atoms with van der Waals surface area (Å²) in [6, 6.07) is 8.39. The normalized spacial score (nSPS) is 17.4. The first-order valence-electron chi connectivity index (χ1n) is 10.0. The van der Waals surface area contributed by atoms with Gasteiger partial charge in [0.05, 0.1) is 17.5 Å². The third-order valence-corrected chi connectivity index (χ3v) is 6.83. The van der Waals surface area contributed by atoms with Crippen LogP contribution in [-0.2, 0) is 25.0 Å². The van der Waals surface area contributed by atoms with Crippen LogP contribution in [0.3, 0.4) is 0 Å². The minimum atomic E-state index is -3.88. The second-order valence-corrected chi connectivity index (χ2v) is 10.5. The Labute approximate surface area is 177 Å². The van der Waals surface area contributed by atoms with Gasteiger partial charge in [0, 0.05) is 19.2 Å². The lowest BCUT2D eigenvalue weighted by Gasteiger charge is -2.25. The van der Waals surface area contributed by atoms with Crippen molar-refractivity contribution in [1.29, 1.82) is 0 Å². The molecule has 1 fully saturated rings. The van der Waals surface area contributed by atoms with Gasteiger partial charge in [-0.1, -0.05) is 38.1 Å². The minimum Gasteiger partial charge on any atom is -0.377 e. The summed E-state index contributed by atoms with van der Waals surface area (Å²) in [6.45, 7) is 8.29. The Morgan fingerprint density at radius 3 is 2.50 bits per heavy atom. The minimum absolute atomic E-state index is 0.0880. The molecule has 0 spiro atoms. The van der Waals surface area contributed by atoms with Crippen molar-refractivity contribution in [3.63, 3.8) is 0 Å². The van der Waals surface area contributed by atoms with Gasteiger partial charge in [-0.25, -0.2) is 8.42 Å². The van der Waals surface area contributed by atoms with Gasteiger partial charge in [0.1, 0.15) is 5.76 Å². The molecule has 2 aromatic rings. The van der Waals surface area contributed by atoms with Gasteiger partial charge in [0.25, 0.3) is 0 Å². The molecule has 0 aliphatic carbocycles. The van der Waals surface area contributed by atoms with E-state index in [-0.39, 0.29) is 35.3 Å². The first-order valence-corrected chi connectivity index (χ1v) is 11.5. The van der Waals surface area contributed by atoms with Gasteiger partial charge in [0.2, 0.25) is 15.9 Å². The van der Waals surface area contributed by atoms with Crippen LogP contribution in [0.5, 0.6) is 0 Å². The van der Waals surface area contributed by atoms with E-state index in [0.29, 0.717) is 12.4 Å². The zero-order valence-electron chi connectivity index (χ0n) is 17.8. The van der Waals surface area contributed by atoms with Crippen molar-refractivity contribution >= 4 is 21.7 Å². The average Bonchev–Trinajstić information content (AvgIpc) is 3.32. The molecular weight excluding hydrogens is 406 g/mol. The molecule has 1 unspecified atom stereocenters. The summed E-state index contributed by atoms with van der Waals surface area (Å²) in [6.07, 6.45) is 1.42. The van der Waals surface area contributed by atoms with Gasteiger partial charge in [-0.2, -0.15) is 4.31 Å². The molecular formula is C21H29N3O5S. The van der Waals surface area contributed by atoms with Crippen molar-refractivity contribution < 1.29 is 22.5 Å². The highest BCUT2D eigenvalue weighted by Gasteiger charge is 2.31. The largest absolute Gasteiger partial charge is 0.377 e. The van der Waals surface area contributed by atoms with Crippen molar-refractivity contribution in [2.75, 3.05) is 25.0 Å². The molecule has 1 N–H and O–H groups in total. The molecule has 2 heterocycles. The summed E-state index contributed by atoms with van der Waals surface area (Å²) < 4.78 is 38.4. The van der Waals surface area contributed by atoms with E-state index < -0.39 is 15.9 Å². The van der Waals surface area contributed by atoms with E-state index >= 15 is 0 Å². The fourth-order valence-electron chi connectivity index (χ4n) is 3.31. The highest BCUT2D eigenvalue weighted by atomic mass is 32.2. The Hall–Kier alpha value is -2.23. The maximum atomic E-state index is 13.3. The van der Waals surface area contributed by atoms with Gasteiger partial charge in [-0.15, -0.1) is 0 Å². The van der Waals surface area contributed by atoms with Crippen molar-refractivity contribution in [2.45, 2.75) is 57.0 Å². The molecule has 1 saturated heterocycles. The second-order valence-electron chi connectivity index (χ2n) is 8.58. The molecule has 0 radical (unpaired) electrons. The van der Waals surface area contributed by atoms with Crippen LogP contribution in [0.2, 0.25) is 0 Å². The standard InChI is InChI=1S/C21H29N3O5S/c1-15-12-19(23-29-15)22-20(25)14-24(13-17-6-5-11-28-17)30(26,27)18-9-7-16(8-10-18)21(2,3)4/h7-10,12,17H,5-6,11,13-14H2,1-4H3,(H,22,23,25). The Balaban J connectivity index is 1.81. The summed E-state index contributed by atoms with van der Waals surface area (Å²) in [4.78, 5) is 12.7. The molecule has 3 rings (SSSR count). The topological polar surface area (TPSA) is 102 Å². The predicted octanol–water partition coefficient (Wildman–Crippen LogP) is 3.09. The van der Waals surface area contributed by atoms with Crippen LogP contribution in [0.25, 0.3) is 0 Å². The number of ether oxygens (including phenoxy) is 1. The van der Waals surface area contributed by atoms with Crippen LogP contribution >= 0.6 is 0 Å². The molecule has 164 valence electrons. The molecule has 1 aromatic carbocycles. The molecule has 1 amide bonds. The summed E-state index contributed by atoms with van der Waals surface area (Å²) in [7, 11) is -3.88. The van der Waals surface area contributed by atoms with Gasteiger partial charge in [-0.3, -0.25) is 4.79 Å². The number of amides is 1. The smallest absolute Gasteiger partial charge is 0.243 e. The predicted molar refractivity (Wildman–Crippen MR) is 113 cm³/mol. The monoisotopic (exact) mass is 435 g/mol. The highest BCUT2D eigenvalue weighted by Crippen LogP contribution is 2.25. The van der Waals surface area contributed by atoms with E-state index in [1.165, 1.54) is 4.31 Å². The molecule has 1 aromatic heterocycles. The molecule has 9 heteroatoms. The van der Waals surface area contributed by atoms with Crippen molar-refractivity contribution in [3.05, 3.63) is 41.7 Å². The van der Waals surface area contributed by atoms with Crippen LogP contribution in [-0.4, -0.2) is 49.6 Å². The quantitative estimate of drug-likeness (QED) is 0.717. The van der Waals surface area contributed by atoms with E-state index in [1.54, 1.807) is 25.1 Å². The lowest BCUT2D eigenvalue weighted by Crippen LogP contribution is -2.42. The number of hydrogen-bond donors (Lipinski definition) is 1. The molecule has 0 saturated carbocycles. The Kier molecular flexibility index (Phi) is 6.64. The van der Waals surface area contributed by atoms with E-state index in [4.69, 9.17) is 9.26 Å². The van der Waals surface area contributed by atoms with E-state index in [0.717, 1.165) is 18.4 Å². The number of benzene rings is 1. The van der Waals surface area contributed by atoms with E-state index in [9.17, 15) is 13.2 Å². The van der Waals surface area contributed by atoms with E-state index in [2.05, 4.69) is 31.2 Å². The summed E-state index contributed by atoms with van der Waals surface area (Å²) in [5.74, 6) is 0.311. The maximum Gasteiger partial charge on any atom is 0.243 e. The molecule has 1 aliphatic heterocycles. The number of rotatable bonds is 7. The van der Waals surface area contributed by atoms with Gasteiger partial charge < -0.3 is 14.6 Å². The summed E-state index contributed by atoms with van der Waals surface area (Å²) in [5, 5.41) is 6.30. The van der Waals surface area contributed by atoms with Crippen molar-refractivity contribution in [2.24, 2.45) is 0 Å². The zero-order valence-corrected chi connectivity index (χ0v) is 18.7. The molecule has 1 atom stereocenters. The number of carbonyl (C=O) groups is 1. The molecule has 1 aliphatic rings. The number of aromatic nitrogens is 1. The van der Waals surface area contributed by atoms with Crippen LogP contribution in [0.4, 0.5) is 5.82 Å². The Morgan fingerprint density at radius 1 is 1.27 bits per heavy atom. The van der Waals surface area contributed by atoms with Crippen LogP contribution in [0, 0.1) is 6.92 Å². The number of sulfonamides is 1. The van der Waals surface area contributed by atoms with Crippen molar-refractivity contribution in [3.8, 4) is 0 Å². The average molecular weight is 436 g/mol. The lowest BCUT2D eigenvalue weighted by molar-refractivity contribution is -0.116. The van der Waals surface area contributed by atoms with Gasteiger partial charge in [-0.05, 0) is 42.9 Å². The fourth-order valence-corrected chi connectivity index (χ4v) is 4.73. The number of anilines is 1. The van der Waals surface area contributed by atoms with Crippen molar-refractivity contribution in [1.82, 2.24) is 9.46 Å². The summed E-state index contributed by atoms with van der Waals surface area (Å²) in [5.41, 5.74) is 0.946. The SMILES string of the molecule is Cc1cc(NC(=O)CN(CC2CCCO2)S(=O)(=O)c2ccc(C(C)(C)C)cc2)no1. The van der Waals surface area contributed by atoms with Crippen LogP contribution in [0.15, 0.2) is 39.8 Å². The lowest BCUT2D eigenvalue weighted by atomic mass is 9.87. The molecule has 30 heavy (non-hydrogen) atoms. The van der Waals surface area contributed by atoms with Gasteiger partial charge in [0.15, 0.2) is 5.82 Å². The Bertz CT molecular complexity index is 971. The maximum absolute atomic E-state index is 13.3. The first kappa shape index (κ1) is 22.5. The zero-order chi connectivity index (χ0) is 21.9. The Morgan fingerprint density at radius 2 is 1.97 bits per heavy atom.